The van der Waals surface area contributed by atoms with Crippen LogP contribution < -0.4 is 16.0 Å². The lowest BCUT2D eigenvalue weighted by atomic mass is 9.93. The highest BCUT2D eigenvalue weighted by molar-refractivity contribution is 5.98. The summed E-state index contributed by atoms with van der Waals surface area (Å²) in [4.78, 5) is 24.1. The van der Waals surface area contributed by atoms with Crippen molar-refractivity contribution in [3.05, 3.63) is 11.8 Å². The van der Waals surface area contributed by atoms with Gasteiger partial charge in [-0.1, -0.05) is 13.3 Å². The van der Waals surface area contributed by atoms with Crippen molar-refractivity contribution in [1.82, 2.24) is 20.2 Å². The third-order valence-electron chi connectivity index (χ3n) is 5.70. The Morgan fingerprint density at radius 2 is 2.00 bits per heavy atom. The van der Waals surface area contributed by atoms with Crippen LogP contribution in [-0.2, 0) is 4.74 Å². The van der Waals surface area contributed by atoms with E-state index in [0.717, 1.165) is 77.9 Å². The molecule has 9 nitrogen and oxygen atoms in total. The fraction of sp³-hybridized carbons (Fsp3) is 0.762. The maximum atomic E-state index is 12.8. The number of nitrogens with zero attached hydrogens (tertiary/aromatic N) is 3. The molecular formula is C21H36N6O3. The van der Waals surface area contributed by atoms with E-state index in [4.69, 9.17) is 4.74 Å². The lowest BCUT2D eigenvalue weighted by molar-refractivity contribution is 0.0383. The van der Waals surface area contributed by atoms with Gasteiger partial charge in [0.25, 0.3) is 5.91 Å². The molecule has 0 aromatic carbocycles. The van der Waals surface area contributed by atoms with Crippen molar-refractivity contribution < 1.29 is 14.6 Å². The van der Waals surface area contributed by atoms with Gasteiger partial charge in [-0.05, 0) is 32.1 Å². The largest absolute Gasteiger partial charge is 0.393 e. The van der Waals surface area contributed by atoms with Gasteiger partial charge in [-0.15, -0.1) is 0 Å². The molecule has 1 aliphatic carbocycles. The zero-order valence-corrected chi connectivity index (χ0v) is 18.0. The van der Waals surface area contributed by atoms with E-state index in [9.17, 15) is 9.90 Å². The number of unbranched alkanes of at least 4 members (excludes halogenated alkanes) is 1. The normalized spacial score (nSPS) is 22.5. The zero-order valence-electron chi connectivity index (χ0n) is 18.0. The summed E-state index contributed by atoms with van der Waals surface area (Å²) in [6.45, 7) is 7.61. The highest BCUT2D eigenvalue weighted by Crippen LogP contribution is 2.23. The molecule has 1 aliphatic heterocycles. The number of aromatic nitrogens is 2. The van der Waals surface area contributed by atoms with Crippen LogP contribution in [0.1, 0.15) is 55.8 Å². The first-order chi connectivity index (χ1) is 14.7. The van der Waals surface area contributed by atoms with E-state index in [0.29, 0.717) is 23.9 Å². The number of ether oxygens (including phenoxy) is 1. The second kappa shape index (κ2) is 12.0. The average molecular weight is 421 g/mol. The predicted molar refractivity (Wildman–Crippen MR) is 117 cm³/mol. The van der Waals surface area contributed by atoms with Crippen LogP contribution in [0.2, 0.25) is 0 Å². The summed E-state index contributed by atoms with van der Waals surface area (Å²) < 4.78 is 5.36. The number of nitrogens with one attached hydrogen (secondary N) is 3. The molecule has 1 saturated heterocycles. The van der Waals surface area contributed by atoms with Gasteiger partial charge >= 0.3 is 0 Å². The Labute approximate surface area is 179 Å². The number of aliphatic hydroxyl groups excluding tert-OH is 1. The number of anilines is 2. The summed E-state index contributed by atoms with van der Waals surface area (Å²) >= 11 is 0. The molecule has 9 heteroatoms. The minimum atomic E-state index is -0.220. The summed E-state index contributed by atoms with van der Waals surface area (Å²) in [5.41, 5.74) is 0.462. The van der Waals surface area contributed by atoms with Gasteiger partial charge in [-0.2, -0.15) is 4.98 Å². The quantitative estimate of drug-likeness (QED) is 0.421. The summed E-state index contributed by atoms with van der Waals surface area (Å²) in [5.74, 6) is 0.933. The second-order valence-electron chi connectivity index (χ2n) is 8.10. The first kappa shape index (κ1) is 22.7. The molecule has 168 valence electrons. The third-order valence-corrected chi connectivity index (χ3v) is 5.70. The van der Waals surface area contributed by atoms with Crippen LogP contribution in [0.25, 0.3) is 0 Å². The molecule has 0 unspecified atom stereocenters. The van der Waals surface area contributed by atoms with Crippen molar-refractivity contribution >= 4 is 17.7 Å². The summed E-state index contributed by atoms with van der Waals surface area (Å²) in [6, 6.07) is 0.201. The predicted octanol–water partition coefficient (Wildman–Crippen LogP) is 1.47. The average Bonchev–Trinajstić information content (AvgIpc) is 2.76. The van der Waals surface area contributed by atoms with Crippen molar-refractivity contribution in [2.75, 3.05) is 56.6 Å². The molecule has 0 bridgehead atoms. The molecule has 0 radical (unpaired) electrons. The number of morpholine rings is 1. The van der Waals surface area contributed by atoms with Crippen LogP contribution in [0.4, 0.5) is 11.8 Å². The van der Waals surface area contributed by atoms with Gasteiger partial charge in [-0.3, -0.25) is 9.69 Å². The van der Waals surface area contributed by atoms with Crippen LogP contribution in [0.15, 0.2) is 6.20 Å². The van der Waals surface area contributed by atoms with E-state index in [1.54, 1.807) is 6.20 Å². The Bertz CT molecular complexity index is 660. The zero-order chi connectivity index (χ0) is 21.2. The maximum absolute atomic E-state index is 12.8. The molecule has 30 heavy (non-hydrogen) atoms. The fourth-order valence-electron chi connectivity index (χ4n) is 3.78. The molecule has 2 heterocycles. The molecule has 4 N–H and O–H groups in total. The van der Waals surface area contributed by atoms with Crippen molar-refractivity contribution in [3.8, 4) is 0 Å². The molecule has 0 spiro atoms. The minimum Gasteiger partial charge on any atom is -0.393 e. The van der Waals surface area contributed by atoms with E-state index >= 15 is 0 Å². The van der Waals surface area contributed by atoms with Gasteiger partial charge in [0.1, 0.15) is 11.4 Å². The highest BCUT2D eigenvalue weighted by atomic mass is 16.5. The van der Waals surface area contributed by atoms with Crippen LogP contribution in [0.5, 0.6) is 0 Å². The summed E-state index contributed by atoms with van der Waals surface area (Å²) in [6.07, 6.45) is 6.77. The van der Waals surface area contributed by atoms with Crippen molar-refractivity contribution in [3.63, 3.8) is 0 Å². The van der Waals surface area contributed by atoms with Gasteiger partial charge in [0.05, 0.1) is 19.3 Å². The lowest BCUT2D eigenvalue weighted by Crippen LogP contribution is -2.41. The molecule has 1 amide bonds. The Hall–Kier alpha value is -1.97. The lowest BCUT2D eigenvalue weighted by Gasteiger charge is -2.27. The van der Waals surface area contributed by atoms with E-state index in [-0.39, 0.29) is 18.1 Å². The standard InChI is InChI=1S/C21H36N6O3/c1-2-3-8-23-21-24-15-18(19(26-21)25-16-4-6-17(28)7-5-16)20(29)22-9-10-27-11-13-30-14-12-27/h15-17,28H,2-14H2,1H3,(H,22,29)(H2,23,24,25,26)/t16-,17-. The van der Waals surface area contributed by atoms with Gasteiger partial charge in [0, 0.05) is 45.0 Å². The Morgan fingerprint density at radius 1 is 1.23 bits per heavy atom. The van der Waals surface area contributed by atoms with Crippen LogP contribution in [0, 0.1) is 0 Å². The van der Waals surface area contributed by atoms with Gasteiger partial charge in [-0.25, -0.2) is 4.98 Å². The first-order valence-electron chi connectivity index (χ1n) is 11.3. The smallest absolute Gasteiger partial charge is 0.256 e. The molecule has 2 aliphatic rings. The third kappa shape index (κ3) is 7.07. The van der Waals surface area contributed by atoms with Gasteiger partial charge in [0.2, 0.25) is 5.95 Å². The van der Waals surface area contributed by atoms with Crippen LogP contribution in [-0.4, -0.2) is 84.0 Å². The van der Waals surface area contributed by atoms with E-state index in [1.807, 2.05) is 0 Å². The van der Waals surface area contributed by atoms with Crippen molar-refractivity contribution in [2.45, 2.75) is 57.6 Å². The topological polar surface area (TPSA) is 112 Å². The number of aliphatic hydroxyl groups is 1. The Kier molecular flexibility index (Phi) is 9.10. The fourth-order valence-corrected chi connectivity index (χ4v) is 3.78. The maximum Gasteiger partial charge on any atom is 0.256 e. The molecule has 3 rings (SSSR count). The molecule has 0 atom stereocenters. The Morgan fingerprint density at radius 3 is 2.73 bits per heavy atom. The molecular weight excluding hydrogens is 384 g/mol. The van der Waals surface area contributed by atoms with Crippen LogP contribution >= 0.6 is 0 Å². The SMILES string of the molecule is CCCCNc1ncc(C(=O)NCCN2CCOCC2)c(N[C@H]2CC[C@H](O)CC2)n1. The monoisotopic (exact) mass is 420 g/mol. The van der Waals surface area contributed by atoms with Crippen molar-refractivity contribution in [1.29, 1.82) is 0 Å². The highest BCUT2D eigenvalue weighted by Gasteiger charge is 2.22. The molecule has 1 aromatic heterocycles. The molecule has 2 fully saturated rings. The second-order valence-corrected chi connectivity index (χ2v) is 8.10. The van der Waals surface area contributed by atoms with Crippen LogP contribution in [0.3, 0.4) is 0 Å². The van der Waals surface area contributed by atoms with E-state index in [1.165, 1.54) is 0 Å². The Balaban J connectivity index is 1.61. The molecule has 1 saturated carbocycles. The summed E-state index contributed by atoms with van der Waals surface area (Å²) in [7, 11) is 0. The van der Waals surface area contributed by atoms with Crippen molar-refractivity contribution in [2.24, 2.45) is 0 Å². The van der Waals surface area contributed by atoms with Gasteiger partial charge < -0.3 is 25.8 Å². The first-order valence-corrected chi connectivity index (χ1v) is 11.3. The number of carbonyl (C=O) groups excluding carboxylic acids is 1. The number of rotatable bonds is 10. The van der Waals surface area contributed by atoms with Gasteiger partial charge in [0.15, 0.2) is 0 Å². The minimum absolute atomic E-state index is 0.165. The van der Waals surface area contributed by atoms with E-state index in [2.05, 4.69) is 37.7 Å². The number of carbonyl (C=O) groups is 1. The number of amides is 1. The summed E-state index contributed by atoms with van der Waals surface area (Å²) in [5, 5.41) is 19.4. The number of hydrogen-bond donors (Lipinski definition) is 4. The number of hydrogen-bond acceptors (Lipinski definition) is 8. The molecule has 1 aromatic rings. The van der Waals surface area contributed by atoms with E-state index < -0.39 is 0 Å².